The number of aromatic nitrogens is 3. The summed E-state index contributed by atoms with van der Waals surface area (Å²) in [4.78, 5) is 33.3. The highest BCUT2D eigenvalue weighted by atomic mass is 32.2. The Morgan fingerprint density at radius 1 is 1.31 bits per heavy atom. The maximum atomic E-state index is 13.0. The van der Waals surface area contributed by atoms with Crippen LogP contribution in [0.4, 0.5) is 5.69 Å². The number of hydrogen-bond donors (Lipinski definition) is 2. The summed E-state index contributed by atoms with van der Waals surface area (Å²) < 4.78 is 1.70. The second kappa shape index (κ2) is 8.06. The normalized spacial score (nSPS) is 14.2. The lowest BCUT2D eigenvalue weighted by Gasteiger charge is -2.17. The Bertz CT molecular complexity index is 1130. The zero-order valence-electron chi connectivity index (χ0n) is 17.0. The Balaban J connectivity index is 1.54. The van der Waals surface area contributed by atoms with E-state index in [1.54, 1.807) is 4.57 Å². The zero-order valence-corrected chi connectivity index (χ0v) is 17.9. The highest BCUT2D eigenvalue weighted by Crippen LogP contribution is 2.26. The molecule has 2 N–H and O–H groups in total. The van der Waals surface area contributed by atoms with Gasteiger partial charge in [0.1, 0.15) is 5.52 Å². The van der Waals surface area contributed by atoms with Crippen LogP contribution < -0.4 is 10.9 Å². The Kier molecular flexibility index (Phi) is 5.50. The molecule has 0 unspecified atom stereocenters. The molecule has 1 aromatic carbocycles. The lowest BCUT2D eigenvalue weighted by Crippen LogP contribution is -2.26. The molecule has 0 radical (unpaired) electrons. The van der Waals surface area contributed by atoms with Crippen LogP contribution in [-0.2, 0) is 17.6 Å². The standard InChI is InChI=1S/C22H26N4O2S/c1-4-14(3)26-21(28)20-18(10-13(2)23-20)25-22(26)29-12-19(27)24-17-9-8-15-6-5-7-16(15)11-17/h8-11,14,23H,4-7,12H2,1-3H3,(H,24,27)/t14-/m1/s1. The molecule has 0 bridgehead atoms. The fourth-order valence-corrected chi connectivity index (χ4v) is 4.74. The molecule has 1 aliphatic carbocycles. The van der Waals surface area contributed by atoms with Crippen molar-refractivity contribution in [3.63, 3.8) is 0 Å². The van der Waals surface area contributed by atoms with Crippen LogP contribution in [0.5, 0.6) is 0 Å². The first-order chi connectivity index (χ1) is 14.0. The first kappa shape index (κ1) is 19.8. The van der Waals surface area contributed by atoms with Crippen LogP contribution >= 0.6 is 11.8 Å². The van der Waals surface area contributed by atoms with E-state index in [1.165, 1.54) is 29.3 Å². The predicted molar refractivity (Wildman–Crippen MR) is 118 cm³/mol. The third-order valence-corrected chi connectivity index (χ3v) is 6.49. The minimum Gasteiger partial charge on any atom is -0.353 e. The van der Waals surface area contributed by atoms with Gasteiger partial charge in [-0.15, -0.1) is 0 Å². The minimum atomic E-state index is -0.0942. The van der Waals surface area contributed by atoms with Crippen LogP contribution in [0.3, 0.4) is 0 Å². The molecule has 3 aromatic rings. The molecule has 1 atom stereocenters. The van der Waals surface area contributed by atoms with E-state index in [2.05, 4.69) is 27.4 Å². The zero-order chi connectivity index (χ0) is 20.5. The third-order valence-electron chi connectivity index (χ3n) is 5.53. The number of thioether (sulfide) groups is 1. The number of hydrogen-bond acceptors (Lipinski definition) is 4. The summed E-state index contributed by atoms with van der Waals surface area (Å²) in [6.45, 7) is 5.95. The molecule has 2 heterocycles. The molecule has 6 nitrogen and oxygen atoms in total. The van der Waals surface area contributed by atoms with Crippen molar-refractivity contribution in [2.24, 2.45) is 0 Å². The molecule has 0 saturated carbocycles. The van der Waals surface area contributed by atoms with E-state index >= 15 is 0 Å². The van der Waals surface area contributed by atoms with E-state index in [1.807, 2.05) is 32.9 Å². The van der Waals surface area contributed by atoms with Gasteiger partial charge in [0, 0.05) is 17.4 Å². The molecule has 29 heavy (non-hydrogen) atoms. The molecule has 1 amide bonds. The molecule has 2 aromatic heterocycles. The summed E-state index contributed by atoms with van der Waals surface area (Å²) in [6, 6.07) is 8.02. The maximum Gasteiger partial charge on any atom is 0.278 e. The molecule has 152 valence electrons. The van der Waals surface area contributed by atoms with Gasteiger partial charge in [-0.05, 0) is 68.9 Å². The monoisotopic (exact) mass is 410 g/mol. The third kappa shape index (κ3) is 3.96. The highest BCUT2D eigenvalue weighted by Gasteiger charge is 2.18. The van der Waals surface area contributed by atoms with Gasteiger partial charge in [-0.1, -0.05) is 24.8 Å². The van der Waals surface area contributed by atoms with Gasteiger partial charge < -0.3 is 10.3 Å². The van der Waals surface area contributed by atoms with Crippen LogP contribution in [0.25, 0.3) is 11.0 Å². The molecular formula is C22H26N4O2S. The second-order valence-corrected chi connectivity index (χ2v) is 8.66. The number of amides is 1. The Morgan fingerprint density at radius 3 is 2.90 bits per heavy atom. The summed E-state index contributed by atoms with van der Waals surface area (Å²) in [6.07, 6.45) is 4.19. The summed E-state index contributed by atoms with van der Waals surface area (Å²) in [5.74, 6) is 0.109. The molecule has 0 fully saturated rings. The van der Waals surface area contributed by atoms with E-state index < -0.39 is 0 Å². The number of carbonyl (C=O) groups is 1. The average Bonchev–Trinajstić information content (AvgIpc) is 3.31. The van der Waals surface area contributed by atoms with E-state index in [9.17, 15) is 9.59 Å². The van der Waals surface area contributed by atoms with Crippen molar-refractivity contribution in [2.75, 3.05) is 11.1 Å². The van der Waals surface area contributed by atoms with Gasteiger partial charge in [-0.25, -0.2) is 4.98 Å². The van der Waals surface area contributed by atoms with Crippen LogP contribution in [0, 0.1) is 6.92 Å². The molecule has 1 aliphatic rings. The Hall–Kier alpha value is -2.54. The SMILES string of the molecule is CC[C@@H](C)n1c(SCC(=O)Nc2ccc3c(c2)CCC3)nc2cc(C)[nH]c2c1=O. The van der Waals surface area contributed by atoms with E-state index in [0.29, 0.717) is 16.2 Å². The fraction of sp³-hybridized carbons (Fsp3) is 0.409. The molecule has 0 saturated heterocycles. The number of aryl methyl sites for hydroxylation is 3. The quantitative estimate of drug-likeness (QED) is 0.471. The summed E-state index contributed by atoms with van der Waals surface area (Å²) in [7, 11) is 0. The number of rotatable bonds is 6. The van der Waals surface area contributed by atoms with Crippen LogP contribution in [0.1, 0.15) is 49.6 Å². The van der Waals surface area contributed by atoms with Crippen molar-refractivity contribution in [1.82, 2.24) is 14.5 Å². The van der Waals surface area contributed by atoms with Crippen molar-refractivity contribution in [3.05, 3.63) is 51.4 Å². The van der Waals surface area contributed by atoms with E-state index in [-0.39, 0.29) is 23.3 Å². The van der Waals surface area contributed by atoms with Crippen LogP contribution in [0.15, 0.2) is 34.2 Å². The smallest absolute Gasteiger partial charge is 0.278 e. The maximum absolute atomic E-state index is 13.0. The van der Waals surface area contributed by atoms with Gasteiger partial charge in [0.25, 0.3) is 5.56 Å². The number of carbonyl (C=O) groups excluding carboxylic acids is 1. The molecule has 0 aliphatic heterocycles. The predicted octanol–water partition coefficient (Wildman–Crippen LogP) is 4.22. The Morgan fingerprint density at radius 2 is 2.10 bits per heavy atom. The minimum absolute atomic E-state index is 0.00489. The fourth-order valence-electron chi connectivity index (χ4n) is 3.84. The first-order valence-corrected chi connectivity index (χ1v) is 11.1. The average molecular weight is 411 g/mol. The van der Waals surface area contributed by atoms with Gasteiger partial charge >= 0.3 is 0 Å². The lowest BCUT2D eigenvalue weighted by molar-refractivity contribution is -0.113. The van der Waals surface area contributed by atoms with Crippen molar-refractivity contribution in [1.29, 1.82) is 0 Å². The van der Waals surface area contributed by atoms with Gasteiger partial charge in [0.2, 0.25) is 5.91 Å². The first-order valence-electron chi connectivity index (χ1n) is 10.1. The number of nitrogens with zero attached hydrogens (tertiary/aromatic N) is 2. The van der Waals surface area contributed by atoms with Gasteiger partial charge in [0.15, 0.2) is 5.16 Å². The summed E-state index contributed by atoms with van der Waals surface area (Å²) in [5.41, 5.74) is 5.53. The van der Waals surface area contributed by atoms with Crippen molar-refractivity contribution in [3.8, 4) is 0 Å². The van der Waals surface area contributed by atoms with Crippen LogP contribution in [-0.4, -0.2) is 26.2 Å². The number of fused-ring (bicyclic) bond motifs is 2. The van der Waals surface area contributed by atoms with E-state index in [0.717, 1.165) is 30.6 Å². The number of aromatic amines is 1. The topological polar surface area (TPSA) is 79.8 Å². The van der Waals surface area contributed by atoms with Crippen molar-refractivity contribution < 1.29 is 4.79 Å². The summed E-state index contributed by atoms with van der Waals surface area (Å²) in [5, 5.41) is 3.56. The molecular weight excluding hydrogens is 384 g/mol. The number of nitrogens with one attached hydrogen (secondary N) is 2. The molecule has 0 spiro atoms. The largest absolute Gasteiger partial charge is 0.353 e. The van der Waals surface area contributed by atoms with Gasteiger partial charge in [0.05, 0.1) is 11.3 Å². The van der Waals surface area contributed by atoms with E-state index in [4.69, 9.17) is 0 Å². The number of benzene rings is 1. The molecule has 7 heteroatoms. The van der Waals surface area contributed by atoms with Gasteiger partial charge in [-0.3, -0.25) is 14.2 Å². The van der Waals surface area contributed by atoms with Crippen molar-refractivity contribution in [2.45, 2.75) is 57.7 Å². The Labute approximate surface area is 174 Å². The summed E-state index contributed by atoms with van der Waals surface area (Å²) >= 11 is 1.31. The highest BCUT2D eigenvalue weighted by molar-refractivity contribution is 7.99. The van der Waals surface area contributed by atoms with Crippen LogP contribution in [0.2, 0.25) is 0 Å². The number of H-pyrrole nitrogens is 1. The van der Waals surface area contributed by atoms with Crippen molar-refractivity contribution >= 4 is 34.4 Å². The molecule has 4 rings (SSSR count). The second-order valence-electron chi connectivity index (χ2n) is 7.71. The van der Waals surface area contributed by atoms with Gasteiger partial charge in [-0.2, -0.15) is 0 Å². The number of anilines is 1. The lowest BCUT2D eigenvalue weighted by atomic mass is 10.1.